The fourth-order valence-electron chi connectivity index (χ4n) is 2.38. The molecule has 2 rings (SSSR count). The van der Waals surface area contributed by atoms with Crippen LogP contribution >= 0.6 is 11.3 Å². The van der Waals surface area contributed by atoms with E-state index in [1.165, 1.54) is 12.1 Å². The monoisotopic (exact) mass is 314 g/mol. The number of thiophene rings is 1. The van der Waals surface area contributed by atoms with Crippen LogP contribution in [0.3, 0.4) is 0 Å². The molecule has 0 fully saturated rings. The molecule has 21 heavy (non-hydrogen) atoms. The standard InChI is InChI=1S/C15H17F3N2S/c1-3-10-6-7-21-14(10)13(20-19)12-5-4-11(8-9(12)2)15(16,17)18/h4-8,13,20H,3,19H2,1-2H3. The number of hydrogen-bond donors (Lipinski definition) is 2. The number of alkyl halides is 3. The topological polar surface area (TPSA) is 38.0 Å². The summed E-state index contributed by atoms with van der Waals surface area (Å²) in [5, 5.41) is 1.97. The lowest BCUT2D eigenvalue weighted by Gasteiger charge is -2.20. The zero-order valence-electron chi connectivity index (χ0n) is 11.8. The van der Waals surface area contributed by atoms with Gasteiger partial charge in [-0.1, -0.05) is 13.0 Å². The van der Waals surface area contributed by atoms with Gasteiger partial charge in [0.05, 0.1) is 11.6 Å². The first-order chi connectivity index (χ1) is 9.88. The van der Waals surface area contributed by atoms with Gasteiger partial charge in [-0.15, -0.1) is 11.3 Å². The maximum atomic E-state index is 12.7. The second-order valence-corrected chi connectivity index (χ2v) is 5.78. The molecule has 0 aliphatic rings. The van der Waals surface area contributed by atoms with Crippen molar-refractivity contribution in [3.8, 4) is 0 Å². The van der Waals surface area contributed by atoms with Gasteiger partial charge >= 0.3 is 6.18 Å². The molecule has 2 aromatic rings. The van der Waals surface area contributed by atoms with Crippen molar-refractivity contribution >= 4 is 11.3 Å². The third-order valence-electron chi connectivity index (χ3n) is 3.50. The van der Waals surface area contributed by atoms with E-state index < -0.39 is 11.7 Å². The summed E-state index contributed by atoms with van der Waals surface area (Å²) in [4.78, 5) is 1.04. The molecule has 1 unspecified atom stereocenters. The third-order valence-corrected chi connectivity index (χ3v) is 4.52. The fraction of sp³-hybridized carbons (Fsp3) is 0.333. The molecule has 0 aliphatic heterocycles. The van der Waals surface area contributed by atoms with E-state index in [9.17, 15) is 13.2 Å². The quantitative estimate of drug-likeness (QED) is 0.656. The average molecular weight is 314 g/mol. The van der Waals surface area contributed by atoms with Gasteiger partial charge in [0, 0.05) is 4.88 Å². The zero-order valence-corrected chi connectivity index (χ0v) is 12.6. The lowest BCUT2D eigenvalue weighted by atomic mass is 9.96. The first-order valence-corrected chi connectivity index (χ1v) is 7.46. The molecule has 6 heteroatoms. The maximum absolute atomic E-state index is 12.7. The summed E-state index contributed by atoms with van der Waals surface area (Å²) in [6.07, 6.45) is -3.47. The Labute approximate surface area is 125 Å². The summed E-state index contributed by atoms with van der Waals surface area (Å²) in [5.74, 6) is 5.65. The highest BCUT2D eigenvalue weighted by molar-refractivity contribution is 7.10. The predicted molar refractivity (Wildman–Crippen MR) is 79.0 cm³/mol. The Morgan fingerprint density at radius 1 is 1.29 bits per heavy atom. The van der Waals surface area contributed by atoms with Crippen molar-refractivity contribution in [3.05, 3.63) is 56.8 Å². The molecule has 1 aromatic carbocycles. The lowest BCUT2D eigenvalue weighted by molar-refractivity contribution is -0.137. The molecule has 1 atom stereocenters. The molecule has 2 nitrogen and oxygen atoms in total. The Kier molecular flexibility index (Phi) is 4.70. The van der Waals surface area contributed by atoms with Gasteiger partial charge in [0.15, 0.2) is 0 Å². The van der Waals surface area contributed by atoms with Crippen LogP contribution in [0.1, 0.15) is 40.1 Å². The zero-order chi connectivity index (χ0) is 15.6. The van der Waals surface area contributed by atoms with E-state index in [0.29, 0.717) is 5.56 Å². The highest BCUT2D eigenvalue weighted by atomic mass is 32.1. The highest BCUT2D eigenvalue weighted by Crippen LogP contribution is 2.35. The van der Waals surface area contributed by atoms with Crippen molar-refractivity contribution in [2.24, 2.45) is 5.84 Å². The first kappa shape index (κ1) is 16.0. The van der Waals surface area contributed by atoms with Crippen LogP contribution in [0.15, 0.2) is 29.6 Å². The Balaban J connectivity index is 2.44. The Morgan fingerprint density at radius 3 is 2.52 bits per heavy atom. The summed E-state index contributed by atoms with van der Waals surface area (Å²) in [7, 11) is 0. The average Bonchev–Trinajstić information content (AvgIpc) is 2.88. The third kappa shape index (κ3) is 3.28. The van der Waals surface area contributed by atoms with Gasteiger partial charge in [0.2, 0.25) is 0 Å². The summed E-state index contributed by atoms with van der Waals surface area (Å²) in [5.41, 5.74) is 4.58. The molecule has 0 bridgehead atoms. The summed E-state index contributed by atoms with van der Waals surface area (Å²) in [6, 6.07) is 5.50. The minimum atomic E-state index is -4.33. The molecular formula is C15H17F3N2S. The van der Waals surface area contributed by atoms with Crippen molar-refractivity contribution in [3.63, 3.8) is 0 Å². The molecule has 0 saturated heterocycles. The Morgan fingerprint density at radius 2 is 2.00 bits per heavy atom. The normalized spacial score (nSPS) is 13.4. The second kappa shape index (κ2) is 6.17. The largest absolute Gasteiger partial charge is 0.416 e. The smallest absolute Gasteiger partial charge is 0.271 e. The number of nitrogens with two attached hydrogens (primary N) is 1. The van der Waals surface area contributed by atoms with E-state index in [-0.39, 0.29) is 6.04 Å². The van der Waals surface area contributed by atoms with Gasteiger partial charge in [-0.3, -0.25) is 5.84 Å². The number of rotatable bonds is 4. The van der Waals surface area contributed by atoms with Crippen LogP contribution in [-0.4, -0.2) is 0 Å². The van der Waals surface area contributed by atoms with E-state index in [2.05, 4.69) is 5.43 Å². The van der Waals surface area contributed by atoms with Crippen molar-refractivity contribution in [2.75, 3.05) is 0 Å². The van der Waals surface area contributed by atoms with E-state index in [1.54, 1.807) is 18.3 Å². The van der Waals surface area contributed by atoms with Gasteiger partial charge in [0.1, 0.15) is 0 Å². The van der Waals surface area contributed by atoms with E-state index >= 15 is 0 Å². The Hall–Kier alpha value is -1.37. The minimum absolute atomic E-state index is 0.290. The minimum Gasteiger partial charge on any atom is -0.271 e. The van der Waals surface area contributed by atoms with Crippen molar-refractivity contribution in [1.29, 1.82) is 0 Å². The number of hydrazine groups is 1. The Bertz CT molecular complexity index is 620. The van der Waals surface area contributed by atoms with E-state index in [4.69, 9.17) is 5.84 Å². The van der Waals surface area contributed by atoms with Crippen LogP contribution in [0.25, 0.3) is 0 Å². The van der Waals surface area contributed by atoms with Crippen LogP contribution in [0.5, 0.6) is 0 Å². The number of hydrogen-bond acceptors (Lipinski definition) is 3. The fourth-order valence-corrected chi connectivity index (χ4v) is 3.45. The van der Waals surface area contributed by atoms with Gasteiger partial charge in [-0.05, 0) is 53.6 Å². The van der Waals surface area contributed by atoms with Crippen LogP contribution in [0, 0.1) is 6.92 Å². The highest BCUT2D eigenvalue weighted by Gasteiger charge is 2.31. The summed E-state index contributed by atoms with van der Waals surface area (Å²) < 4.78 is 38.2. The SMILES string of the molecule is CCc1ccsc1C(NN)c1ccc(C(F)(F)F)cc1C. The number of halogens is 3. The molecule has 0 saturated carbocycles. The van der Waals surface area contributed by atoms with E-state index in [0.717, 1.165) is 28.5 Å². The van der Waals surface area contributed by atoms with Crippen molar-refractivity contribution in [2.45, 2.75) is 32.5 Å². The first-order valence-electron chi connectivity index (χ1n) is 6.58. The molecule has 1 aromatic heterocycles. The molecular weight excluding hydrogens is 297 g/mol. The maximum Gasteiger partial charge on any atom is 0.416 e. The van der Waals surface area contributed by atoms with Crippen molar-refractivity contribution < 1.29 is 13.2 Å². The van der Waals surface area contributed by atoms with E-state index in [1.807, 2.05) is 18.4 Å². The molecule has 1 heterocycles. The number of nitrogens with one attached hydrogen (secondary N) is 1. The van der Waals surface area contributed by atoms with Crippen LogP contribution < -0.4 is 11.3 Å². The van der Waals surface area contributed by atoms with Gasteiger partial charge in [-0.2, -0.15) is 13.2 Å². The van der Waals surface area contributed by atoms with Gasteiger partial charge < -0.3 is 0 Å². The van der Waals surface area contributed by atoms with Gasteiger partial charge in [-0.25, -0.2) is 5.43 Å². The van der Waals surface area contributed by atoms with Gasteiger partial charge in [0.25, 0.3) is 0 Å². The second-order valence-electron chi connectivity index (χ2n) is 4.83. The van der Waals surface area contributed by atoms with Crippen LogP contribution in [0.4, 0.5) is 13.2 Å². The number of benzene rings is 1. The molecule has 3 N–H and O–H groups in total. The van der Waals surface area contributed by atoms with Crippen LogP contribution in [-0.2, 0) is 12.6 Å². The molecule has 0 aliphatic carbocycles. The van der Waals surface area contributed by atoms with Crippen LogP contribution in [0.2, 0.25) is 0 Å². The summed E-state index contributed by atoms with van der Waals surface area (Å²) in [6.45, 7) is 3.72. The molecule has 0 radical (unpaired) electrons. The predicted octanol–water partition coefficient (Wildman–Crippen LogP) is 4.19. The molecule has 0 spiro atoms. The molecule has 0 amide bonds. The number of aryl methyl sites for hydroxylation is 2. The molecule has 114 valence electrons. The van der Waals surface area contributed by atoms with Crippen molar-refractivity contribution in [1.82, 2.24) is 5.43 Å². The lowest BCUT2D eigenvalue weighted by Crippen LogP contribution is -2.29. The summed E-state index contributed by atoms with van der Waals surface area (Å²) >= 11 is 1.56.